The summed E-state index contributed by atoms with van der Waals surface area (Å²) in [6.07, 6.45) is -0.105. The van der Waals surface area contributed by atoms with Crippen molar-refractivity contribution in [3.8, 4) is 5.75 Å². The van der Waals surface area contributed by atoms with E-state index in [2.05, 4.69) is 5.32 Å². The molecule has 6 heteroatoms. The molecule has 1 N–H and O–H groups in total. The Balaban J connectivity index is 1.96. The Bertz CT molecular complexity index is 674. The van der Waals surface area contributed by atoms with Crippen molar-refractivity contribution >= 4 is 40.7 Å². The van der Waals surface area contributed by atoms with Gasteiger partial charge in [-0.25, -0.2) is 0 Å². The Hall–Kier alpha value is -1.42. The highest BCUT2D eigenvalue weighted by atomic mass is 35.5. The number of amides is 1. The molecule has 2 aromatic carbocycles. The van der Waals surface area contributed by atoms with Crippen LogP contribution in [0.1, 0.15) is 18.9 Å². The van der Waals surface area contributed by atoms with Gasteiger partial charge in [-0.05, 0) is 42.3 Å². The predicted octanol–water partition coefficient (Wildman–Crippen LogP) is 5.12. The summed E-state index contributed by atoms with van der Waals surface area (Å²) in [7, 11) is 0. The van der Waals surface area contributed by atoms with Gasteiger partial charge in [0.15, 0.2) is 6.10 Å². The third-order valence-electron chi connectivity index (χ3n) is 3.21. The molecule has 0 saturated heterocycles. The highest BCUT2D eigenvalue weighted by Gasteiger charge is 2.19. The highest BCUT2D eigenvalue weighted by Crippen LogP contribution is 2.28. The van der Waals surface area contributed by atoms with Crippen LogP contribution in [-0.4, -0.2) is 12.0 Å². The van der Waals surface area contributed by atoms with Crippen molar-refractivity contribution in [2.24, 2.45) is 0 Å². The maximum Gasteiger partial charge on any atom is 0.261 e. The first-order chi connectivity index (χ1) is 11.0. The van der Waals surface area contributed by atoms with Crippen LogP contribution >= 0.6 is 34.8 Å². The molecular weight excluding hydrogens is 357 g/mol. The monoisotopic (exact) mass is 371 g/mol. The van der Waals surface area contributed by atoms with Gasteiger partial charge >= 0.3 is 0 Å². The van der Waals surface area contributed by atoms with Crippen molar-refractivity contribution in [2.45, 2.75) is 26.0 Å². The van der Waals surface area contributed by atoms with Crippen LogP contribution in [0.3, 0.4) is 0 Å². The van der Waals surface area contributed by atoms with Crippen molar-refractivity contribution in [2.75, 3.05) is 0 Å². The molecule has 0 bridgehead atoms. The van der Waals surface area contributed by atoms with Gasteiger partial charge in [-0.1, -0.05) is 53.9 Å². The molecule has 0 spiro atoms. The largest absolute Gasteiger partial charge is 0.479 e. The van der Waals surface area contributed by atoms with Gasteiger partial charge in [-0.15, -0.1) is 0 Å². The number of hydrogen-bond acceptors (Lipinski definition) is 2. The number of carbonyl (C=O) groups is 1. The van der Waals surface area contributed by atoms with Crippen molar-refractivity contribution in [1.29, 1.82) is 0 Å². The molecule has 1 amide bonds. The Labute approximate surface area is 150 Å². The molecule has 0 aromatic heterocycles. The molecule has 1 atom stereocenters. The van der Waals surface area contributed by atoms with Crippen molar-refractivity contribution < 1.29 is 9.53 Å². The minimum Gasteiger partial charge on any atom is -0.479 e. The summed E-state index contributed by atoms with van der Waals surface area (Å²) in [5.41, 5.74) is 0.960. The standard InChI is InChI=1S/C17H16Cl3NO2/c1-2-15(23-16-8-7-13(19)9-14(16)20)17(22)21-10-11-3-5-12(18)6-4-11/h3-9,15H,2,10H2,1H3,(H,21,22). The van der Waals surface area contributed by atoms with Crippen molar-refractivity contribution in [1.82, 2.24) is 5.32 Å². The maximum absolute atomic E-state index is 12.3. The fraction of sp³-hybridized carbons (Fsp3) is 0.235. The first-order valence-electron chi connectivity index (χ1n) is 7.13. The molecule has 23 heavy (non-hydrogen) atoms. The highest BCUT2D eigenvalue weighted by molar-refractivity contribution is 6.35. The summed E-state index contributed by atoms with van der Waals surface area (Å²) >= 11 is 17.8. The number of rotatable bonds is 6. The summed E-state index contributed by atoms with van der Waals surface area (Å²) in [6.45, 7) is 2.28. The molecule has 0 radical (unpaired) electrons. The van der Waals surface area contributed by atoms with Crippen molar-refractivity contribution in [3.63, 3.8) is 0 Å². The minimum absolute atomic E-state index is 0.200. The van der Waals surface area contributed by atoms with Gasteiger partial charge in [0, 0.05) is 16.6 Å². The lowest BCUT2D eigenvalue weighted by molar-refractivity contribution is -0.128. The fourth-order valence-electron chi connectivity index (χ4n) is 1.95. The lowest BCUT2D eigenvalue weighted by Crippen LogP contribution is -2.37. The van der Waals surface area contributed by atoms with Gasteiger partial charge in [0.1, 0.15) is 5.75 Å². The molecular formula is C17H16Cl3NO2. The van der Waals surface area contributed by atoms with Gasteiger partial charge in [0.05, 0.1) is 5.02 Å². The van der Waals surface area contributed by atoms with Crippen molar-refractivity contribution in [3.05, 3.63) is 63.1 Å². The molecule has 2 rings (SSSR count). The van der Waals surface area contributed by atoms with Gasteiger partial charge in [-0.2, -0.15) is 0 Å². The molecule has 122 valence electrons. The van der Waals surface area contributed by atoms with Crippen LogP contribution in [0, 0.1) is 0 Å². The minimum atomic E-state index is -0.624. The zero-order chi connectivity index (χ0) is 16.8. The lowest BCUT2D eigenvalue weighted by Gasteiger charge is -2.18. The van der Waals surface area contributed by atoms with Crippen LogP contribution in [0.5, 0.6) is 5.75 Å². The van der Waals surface area contributed by atoms with E-state index in [-0.39, 0.29) is 5.91 Å². The smallest absolute Gasteiger partial charge is 0.261 e. The van der Waals surface area contributed by atoms with Gasteiger partial charge in [-0.3, -0.25) is 4.79 Å². The van der Waals surface area contributed by atoms with E-state index in [9.17, 15) is 4.79 Å². The number of carbonyl (C=O) groups excluding carboxylic acids is 1. The summed E-state index contributed by atoms with van der Waals surface area (Å²) in [4.78, 5) is 12.3. The molecule has 0 aliphatic heterocycles. The van der Waals surface area contributed by atoms with E-state index in [4.69, 9.17) is 39.5 Å². The van der Waals surface area contributed by atoms with E-state index >= 15 is 0 Å². The predicted molar refractivity (Wildman–Crippen MR) is 94.5 cm³/mol. The van der Waals surface area contributed by atoms with E-state index in [1.165, 1.54) is 0 Å². The second-order valence-corrected chi connectivity index (χ2v) is 6.21. The first-order valence-corrected chi connectivity index (χ1v) is 8.27. The average molecular weight is 373 g/mol. The number of hydrogen-bond donors (Lipinski definition) is 1. The van der Waals surface area contributed by atoms with Crippen LogP contribution in [0.15, 0.2) is 42.5 Å². The van der Waals surface area contributed by atoms with E-state index < -0.39 is 6.10 Å². The third kappa shape index (κ3) is 5.31. The molecule has 0 heterocycles. The Morgan fingerprint density at radius 1 is 1.09 bits per heavy atom. The topological polar surface area (TPSA) is 38.3 Å². The summed E-state index contributed by atoms with van der Waals surface area (Å²) < 4.78 is 5.70. The molecule has 1 unspecified atom stereocenters. The first kappa shape index (κ1) is 17.9. The number of nitrogens with one attached hydrogen (secondary N) is 1. The number of ether oxygens (including phenoxy) is 1. The fourth-order valence-corrected chi connectivity index (χ4v) is 2.53. The zero-order valence-electron chi connectivity index (χ0n) is 12.5. The Kier molecular flexibility index (Phi) is 6.58. The number of halogens is 3. The summed E-state index contributed by atoms with van der Waals surface area (Å²) in [5, 5.41) is 4.40. The molecule has 3 nitrogen and oxygen atoms in total. The van der Waals surface area contributed by atoms with E-state index in [1.54, 1.807) is 30.3 Å². The quantitative estimate of drug-likeness (QED) is 0.764. The van der Waals surface area contributed by atoms with Crippen LogP contribution in [-0.2, 0) is 11.3 Å². The van der Waals surface area contributed by atoms with E-state index in [0.29, 0.717) is 33.8 Å². The molecule has 0 aliphatic rings. The van der Waals surface area contributed by atoms with Gasteiger partial charge in [0.25, 0.3) is 5.91 Å². The second-order valence-electron chi connectivity index (χ2n) is 4.93. The average Bonchev–Trinajstić information content (AvgIpc) is 2.53. The third-order valence-corrected chi connectivity index (χ3v) is 3.99. The van der Waals surface area contributed by atoms with Crippen LogP contribution in [0.2, 0.25) is 15.1 Å². The van der Waals surface area contributed by atoms with Crippen LogP contribution in [0.4, 0.5) is 0 Å². The summed E-state index contributed by atoms with van der Waals surface area (Å²) in [5.74, 6) is 0.234. The maximum atomic E-state index is 12.3. The SMILES string of the molecule is CCC(Oc1ccc(Cl)cc1Cl)C(=O)NCc1ccc(Cl)cc1. The molecule has 0 saturated carbocycles. The zero-order valence-corrected chi connectivity index (χ0v) is 14.8. The van der Waals surface area contributed by atoms with Crippen LogP contribution < -0.4 is 10.1 Å². The summed E-state index contributed by atoms with van der Waals surface area (Å²) in [6, 6.07) is 12.2. The Morgan fingerprint density at radius 2 is 1.74 bits per heavy atom. The van der Waals surface area contributed by atoms with Crippen LogP contribution in [0.25, 0.3) is 0 Å². The lowest BCUT2D eigenvalue weighted by atomic mass is 10.2. The normalized spacial score (nSPS) is 11.8. The molecule has 0 aliphatic carbocycles. The van der Waals surface area contributed by atoms with Gasteiger partial charge < -0.3 is 10.1 Å². The molecule has 2 aromatic rings. The van der Waals surface area contributed by atoms with E-state index in [1.807, 2.05) is 19.1 Å². The number of benzene rings is 2. The molecule has 0 fully saturated rings. The van der Waals surface area contributed by atoms with Gasteiger partial charge in [0.2, 0.25) is 0 Å². The Morgan fingerprint density at radius 3 is 2.35 bits per heavy atom. The van der Waals surface area contributed by atoms with E-state index in [0.717, 1.165) is 5.56 Å². The second kappa shape index (κ2) is 8.44.